The van der Waals surface area contributed by atoms with E-state index in [0.717, 1.165) is 11.3 Å². The van der Waals surface area contributed by atoms with Gasteiger partial charge in [0.25, 0.3) is 5.69 Å². The van der Waals surface area contributed by atoms with Crippen LogP contribution < -0.4 is 4.87 Å². The number of thiazole rings is 1. The Morgan fingerprint density at radius 1 is 1.40 bits per heavy atom. The third kappa shape index (κ3) is 2.75. The molecule has 0 spiro atoms. The van der Waals surface area contributed by atoms with E-state index in [2.05, 4.69) is 0 Å². The predicted octanol–water partition coefficient (Wildman–Crippen LogP) is 1.96. The van der Waals surface area contributed by atoms with E-state index >= 15 is 0 Å². The highest BCUT2D eigenvalue weighted by molar-refractivity contribution is 7.07. The Morgan fingerprint density at radius 3 is 2.75 bits per heavy atom. The van der Waals surface area contributed by atoms with Crippen LogP contribution in [-0.2, 0) is 11.3 Å². The Balaban J connectivity index is 2.51. The normalized spacial score (nSPS) is 10.4. The topological polar surface area (TPSA) is 102 Å². The molecule has 7 nitrogen and oxygen atoms in total. The first-order valence-electron chi connectivity index (χ1n) is 5.64. The molecule has 20 heavy (non-hydrogen) atoms. The summed E-state index contributed by atoms with van der Waals surface area (Å²) in [4.78, 5) is 32.5. The highest BCUT2D eigenvalue weighted by Crippen LogP contribution is 2.29. The Kier molecular flexibility index (Phi) is 3.94. The summed E-state index contributed by atoms with van der Waals surface area (Å²) in [6, 6.07) is 6.05. The molecule has 0 bridgehead atoms. The Labute approximate surface area is 116 Å². The summed E-state index contributed by atoms with van der Waals surface area (Å²) in [5, 5.41) is 21.2. The number of para-hydroxylation sites is 1. The molecule has 2 rings (SSSR count). The molecule has 1 N–H and O–H groups in total. The number of benzene rings is 1. The number of nitrogens with zero attached hydrogens (tertiary/aromatic N) is 2. The number of carboxylic acid groups (broad SMARTS) is 1. The molecule has 1 heterocycles. The molecule has 0 atom stereocenters. The second-order valence-corrected chi connectivity index (χ2v) is 4.78. The summed E-state index contributed by atoms with van der Waals surface area (Å²) < 4.78 is 1.25. The third-order valence-electron chi connectivity index (χ3n) is 2.71. The van der Waals surface area contributed by atoms with Gasteiger partial charge in [0, 0.05) is 18.0 Å². The number of aliphatic carboxylic acids is 1. The number of carboxylic acids is 1. The third-order valence-corrected chi connectivity index (χ3v) is 3.47. The van der Waals surface area contributed by atoms with Crippen molar-refractivity contribution in [2.45, 2.75) is 13.0 Å². The van der Waals surface area contributed by atoms with Gasteiger partial charge in [-0.15, -0.1) is 0 Å². The van der Waals surface area contributed by atoms with E-state index in [1.165, 1.54) is 28.1 Å². The lowest BCUT2D eigenvalue weighted by Crippen LogP contribution is -2.16. The van der Waals surface area contributed by atoms with Crippen LogP contribution in [0.3, 0.4) is 0 Å². The number of rotatable bonds is 5. The number of hydrogen-bond donors (Lipinski definition) is 1. The molecule has 0 saturated carbocycles. The zero-order valence-corrected chi connectivity index (χ0v) is 11.0. The quantitative estimate of drug-likeness (QED) is 0.670. The maximum atomic E-state index is 11.7. The molecule has 0 saturated heterocycles. The second-order valence-electron chi connectivity index (χ2n) is 3.96. The summed E-state index contributed by atoms with van der Waals surface area (Å²) in [7, 11) is 0. The number of aromatic nitrogens is 1. The van der Waals surface area contributed by atoms with Gasteiger partial charge in [0.05, 0.1) is 22.6 Å². The van der Waals surface area contributed by atoms with Gasteiger partial charge in [0.15, 0.2) is 0 Å². The van der Waals surface area contributed by atoms with Crippen LogP contribution in [0.15, 0.2) is 34.4 Å². The molecule has 2 aromatic rings. The molecular formula is C12H10N2O5S. The minimum Gasteiger partial charge on any atom is -0.481 e. The van der Waals surface area contributed by atoms with Gasteiger partial charge in [-0.25, -0.2) is 0 Å². The zero-order valence-electron chi connectivity index (χ0n) is 10.2. The molecule has 1 aromatic carbocycles. The molecule has 0 amide bonds. The fourth-order valence-electron chi connectivity index (χ4n) is 1.81. The highest BCUT2D eigenvalue weighted by Gasteiger charge is 2.19. The Morgan fingerprint density at radius 2 is 2.10 bits per heavy atom. The van der Waals surface area contributed by atoms with Gasteiger partial charge in [0.1, 0.15) is 0 Å². The average Bonchev–Trinajstić information content (AvgIpc) is 2.77. The summed E-state index contributed by atoms with van der Waals surface area (Å²) >= 11 is 0.890. The van der Waals surface area contributed by atoms with Crippen LogP contribution in [0, 0.1) is 10.1 Å². The smallest absolute Gasteiger partial charge is 0.307 e. The van der Waals surface area contributed by atoms with Gasteiger partial charge in [-0.3, -0.25) is 24.3 Å². The average molecular weight is 294 g/mol. The largest absolute Gasteiger partial charge is 0.481 e. The number of hydrogen-bond acceptors (Lipinski definition) is 5. The van der Waals surface area contributed by atoms with Crippen molar-refractivity contribution in [1.82, 2.24) is 4.57 Å². The second kappa shape index (κ2) is 5.66. The fraction of sp³-hybridized carbons (Fsp3) is 0.167. The predicted molar refractivity (Wildman–Crippen MR) is 72.9 cm³/mol. The lowest BCUT2D eigenvalue weighted by Gasteiger charge is -2.06. The summed E-state index contributed by atoms with van der Waals surface area (Å²) in [6.45, 7) is -0.0148. The van der Waals surface area contributed by atoms with E-state index in [1.807, 2.05) is 0 Å². The standard InChI is InChI=1S/C12H10N2O5S/c15-11(16)5-6-13-10(7-20-12(13)17)8-3-1-2-4-9(8)14(18)19/h1-4,7H,5-6H2,(H,15,16). The molecule has 1 aromatic heterocycles. The van der Waals surface area contributed by atoms with Crippen LogP contribution >= 0.6 is 11.3 Å². The number of carbonyl (C=O) groups is 1. The van der Waals surface area contributed by atoms with Crippen molar-refractivity contribution >= 4 is 23.0 Å². The van der Waals surface area contributed by atoms with Crippen LogP contribution in [0.1, 0.15) is 6.42 Å². The monoisotopic (exact) mass is 294 g/mol. The summed E-state index contributed by atoms with van der Waals surface area (Å²) in [5.74, 6) is -1.03. The van der Waals surface area contributed by atoms with E-state index in [1.54, 1.807) is 6.07 Å². The maximum Gasteiger partial charge on any atom is 0.307 e. The lowest BCUT2D eigenvalue weighted by atomic mass is 10.1. The van der Waals surface area contributed by atoms with E-state index < -0.39 is 10.9 Å². The van der Waals surface area contributed by atoms with Crippen LogP contribution in [-0.4, -0.2) is 20.6 Å². The SMILES string of the molecule is O=C(O)CCn1c(-c2ccccc2[N+](=O)[O-])csc1=O. The van der Waals surface area contributed by atoms with Gasteiger partial charge in [-0.2, -0.15) is 0 Å². The van der Waals surface area contributed by atoms with Gasteiger partial charge >= 0.3 is 10.8 Å². The molecule has 0 radical (unpaired) electrons. The molecule has 0 unspecified atom stereocenters. The van der Waals surface area contributed by atoms with Crippen LogP contribution in [0.4, 0.5) is 5.69 Å². The minimum absolute atomic E-state index is 0.0148. The first-order valence-corrected chi connectivity index (χ1v) is 6.52. The van der Waals surface area contributed by atoms with Gasteiger partial charge in [-0.1, -0.05) is 23.5 Å². The number of nitro groups is 1. The lowest BCUT2D eigenvalue weighted by molar-refractivity contribution is -0.384. The van der Waals surface area contributed by atoms with Crippen LogP contribution in [0.5, 0.6) is 0 Å². The first-order chi connectivity index (χ1) is 9.50. The summed E-state index contributed by atoms with van der Waals surface area (Å²) in [6.07, 6.45) is -0.218. The summed E-state index contributed by atoms with van der Waals surface area (Å²) in [5.41, 5.74) is 0.559. The van der Waals surface area contributed by atoms with Crippen molar-refractivity contribution in [3.8, 4) is 11.3 Å². The maximum absolute atomic E-state index is 11.7. The first kappa shape index (κ1) is 13.9. The van der Waals surface area contributed by atoms with E-state index in [9.17, 15) is 19.7 Å². The zero-order chi connectivity index (χ0) is 14.7. The van der Waals surface area contributed by atoms with Gasteiger partial charge in [-0.05, 0) is 6.07 Å². The van der Waals surface area contributed by atoms with E-state index in [0.29, 0.717) is 11.3 Å². The van der Waals surface area contributed by atoms with Crippen LogP contribution in [0.25, 0.3) is 11.3 Å². The van der Waals surface area contributed by atoms with Crippen molar-refractivity contribution in [2.24, 2.45) is 0 Å². The van der Waals surface area contributed by atoms with E-state index in [4.69, 9.17) is 5.11 Å². The van der Waals surface area contributed by atoms with Crippen molar-refractivity contribution in [3.05, 3.63) is 49.4 Å². The Bertz CT molecular complexity index is 719. The van der Waals surface area contributed by atoms with Crippen LogP contribution in [0.2, 0.25) is 0 Å². The van der Waals surface area contributed by atoms with Crippen molar-refractivity contribution in [3.63, 3.8) is 0 Å². The number of nitro benzene ring substituents is 1. The highest BCUT2D eigenvalue weighted by atomic mass is 32.1. The molecule has 0 aliphatic heterocycles. The Hall–Kier alpha value is -2.48. The molecule has 0 fully saturated rings. The minimum atomic E-state index is -1.03. The molecule has 0 aliphatic rings. The van der Waals surface area contributed by atoms with Gasteiger partial charge in [0.2, 0.25) is 0 Å². The van der Waals surface area contributed by atoms with Crippen molar-refractivity contribution in [1.29, 1.82) is 0 Å². The molecular weight excluding hydrogens is 284 g/mol. The van der Waals surface area contributed by atoms with Crippen molar-refractivity contribution in [2.75, 3.05) is 0 Å². The van der Waals surface area contributed by atoms with Crippen molar-refractivity contribution < 1.29 is 14.8 Å². The van der Waals surface area contributed by atoms with Gasteiger partial charge < -0.3 is 5.11 Å². The molecule has 8 heteroatoms. The fourth-order valence-corrected chi connectivity index (χ4v) is 2.59. The molecule has 0 aliphatic carbocycles. The molecule has 104 valence electrons. The van der Waals surface area contributed by atoms with E-state index in [-0.39, 0.29) is 23.5 Å².